The minimum Gasteiger partial charge on any atom is -0.497 e. The fraction of sp³-hybridized carbons (Fsp3) is 0.438. The first-order valence-electron chi connectivity index (χ1n) is 7.52. The van der Waals surface area contributed by atoms with Crippen molar-refractivity contribution in [1.29, 1.82) is 0 Å². The van der Waals surface area contributed by atoms with E-state index in [0.29, 0.717) is 24.2 Å². The second-order valence-electron chi connectivity index (χ2n) is 4.87. The number of carbonyl (C=O) groups is 1. The van der Waals surface area contributed by atoms with Crippen molar-refractivity contribution in [2.24, 2.45) is 0 Å². The lowest BCUT2D eigenvalue weighted by atomic mass is 10.2. The van der Waals surface area contributed by atoms with Crippen LogP contribution in [-0.2, 0) is 4.79 Å². The molecule has 2 aromatic rings. The Kier molecular flexibility index (Phi) is 6.04. The molecule has 1 unspecified atom stereocenters. The maximum Gasteiger partial charge on any atom is 0.277 e. The van der Waals surface area contributed by atoms with Gasteiger partial charge < -0.3 is 14.1 Å². The highest BCUT2D eigenvalue weighted by molar-refractivity contribution is 8.00. The molecule has 1 aromatic heterocycles. The molecule has 0 radical (unpaired) electrons. The molecule has 2 rings (SSSR count). The first-order valence-corrected chi connectivity index (χ1v) is 8.40. The third kappa shape index (κ3) is 4.25. The number of nitrogens with zero attached hydrogens (tertiary/aromatic N) is 3. The van der Waals surface area contributed by atoms with Gasteiger partial charge in [-0.05, 0) is 45.0 Å². The van der Waals surface area contributed by atoms with Crippen molar-refractivity contribution < 1.29 is 13.9 Å². The van der Waals surface area contributed by atoms with Crippen molar-refractivity contribution in [3.63, 3.8) is 0 Å². The van der Waals surface area contributed by atoms with Crippen LogP contribution in [0.1, 0.15) is 20.8 Å². The maximum atomic E-state index is 12.3. The lowest BCUT2D eigenvalue weighted by Crippen LogP contribution is -2.36. The van der Waals surface area contributed by atoms with Crippen molar-refractivity contribution in [3.05, 3.63) is 24.3 Å². The Morgan fingerprint density at radius 2 is 1.91 bits per heavy atom. The van der Waals surface area contributed by atoms with Gasteiger partial charge in [0, 0.05) is 18.7 Å². The molecule has 1 heterocycles. The number of amides is 1. The Hall–Kier alpha value is -2.02. The second-order valence-corrected chi connectivity index (χ2v) is 6.16. The molecule has 1 atom stereocenters. The van der Waals surface area contributed by atoms with E-state index in [9.17, 15) is 4.79 Å². The maximum absolute atomic E-state index is 12.3. The van der Waals surface area contributed by atoms with Crippen molar-refractivity contribution in [3.8, 4) is 17.2 Å². The van der Waals surface area contributed by atoms with Gasteiger partial charge in [-0.1, -0.05) is 11.8 Å². The van der Waals surface area contributed by atoms with Gasteiger partial charge in [-0.25, -0.2) is 0 Å². The average Bonchev–Trinajstić information content (AvgIpc) is 3.04. The predicted molar refractivity (Wildman–Crippen MR) is 89.5 cm³/mol. The molecule has 0 saturated heterocycles. The SMILES string of the molecule is CCN(CC)C(=O)C(C)Sc1nnc(-c2ccc(OC)cc2)o1. The third-order valence-electron chi connectivity index (χ3n) is 3.44. The van der Waals surface area contributed by atoms with Gasteiger partial charge in [0.2, 0.25) is 11.8 Å². The van der Waals surface area contributed by atoms with E-state index >= 15 is 0 Å². The molecule has 1 amide bonds. The summed E-state index contributed by atoms with van der Waals surface area (Å²) in [6.45, 7) is 7.17. The zero-order valence-corrected chi connectivity index (χ0v) is 14.6. The summed E-state index contributed by atoms with van der Waals surface area (Å²) in [4.78, 5) is 14.0. The van der Waals surface area contributed by atoms with E-state index in [1.165, 1.54) is 11.8 Å². The number of ether oxygens (including phenoxy) is 1. The van der Waals surface area contributed by atoms with Gasteiger partial charge in [-0.2, -0.15) is 0 Å². The fourth-order valence-corrected chi connectivity index (χ4v) is 2.87. The molecule has 124 valence electrons. The highest BCUT2D eigenvalue weighted by Crippen LogP contribution is 2.27. The van der Waals surface area contributed by atoms with Crippen LogP contribution in [0.5, 0.6) is 5.75 Å². The first-order chi connectivity index (χ1) is 11.1. The third-order valence-corrected chi connectivity index (χ3v) is 4.37. The minimum absolute atomic E-state index is 0.0733. The molecular weight excluding hydrogens is 314 g/mol. The molecular formula is C16H21N3O3S. The van der Waals surface area contributed by atoms with Crippen LogP contribution in [0.25, 0.3) is 11.5 Å². The highest BCUT2D eigenvalue weighted by atomic mass is 32.2. The molecule has 1 aromatic carbocycles. The van der Waals surface area contributed by atoms with Crippen molar-refractivity contribution >= 4 is 17.7 Å². The van der Waals surface area contributed by atoms with Gasteiger partial charge in [-0.15, -0.1) is 10.2 Å². The Labute approximate surface area is 140 Å². The normalized spacial score (nSPS) is 12.0. The van der Waals surface area contributed by atoms with Crippen LogP contribution in [0.4, 0.5) is 0 Å². The summed E-state index contributed by atoms with van der Waals surface area (Å²) < 4.78 is 10.8. The standard InChI is InChI=1S/C16H21N3O3S/c1-5-19(6-2)15(20)11(3)23-16-18-17-14(22-16)12-7-9-13(21-4)10-8-12/h7-11H,5-6H2,1-4H3. The van der Waals surface area contributed by atoms with Crippen LogP contribution in [0.2, 0.25) is 0 Å². The topological polar surface area (TPSA) is 68.5 Å². The van der Waals surface area contributed by atoms with E-state index in [-0.39, 0.29) is 11.2 Å². The predicted octanol–water partition coefficient (Wildman–Crippen LogP) is 3.09. The number of methoxy groups -OCH3 is 1. The molecule has 0 fully saturated rings. The van der Waals surface area contributed by atoms with Gasteiger partial charge in [0.05, 0.1) is 12.4 Å². The first kappa shape index (κ1) is 17.3. The van der Waals surface area contributed by atoms with Gasteiger partial charge in [-0.3, -0.25) is 4.79 Å². The monoisotopic (exact) mass is 335 g/mol. The van der Waals surface area contributed by atoms with Gasteiger partial charge in [0.15, 0.2) is 0 Å². The molecule has 0 aliphatic carbocycles. The molecule has 0 bridgehead atoms. The molecule has 0 spiro atoms. The van der Waals surface area contributed by atoms with E-state index < -0.39 is 0 Å². The van der Waals surface area contributed by atoms with E-state index in [1.807, 2.05) is 45.0 Å². The van der Waals surface area contributed by atoms with Crippen LogP contribution in [0, 0.1) is 0 Å². The molecule has 0 saturated carbocycles. The van der Waals surface area contributed by atoms with Gasteiger partial charge in [0.25, 0.3) is 5.22 Å². The Morgan fingerprint density at radius 3 is 2.48 bits per heavy atom. The number of hydrogen-bond donors (Lipinski definition) is 0. The van der Waals surface area contributed by atoms with Crippen molar-refractivity contribution in [1.82, 2.24) is 15.1 Å². The van der Waals surface area contributed by atoms with Crippen LogP contribution in [0.3, 0.4) is 0 Å². The van der Waals surface area contributed by atoms with Gasteiger partial charge in [0.1, 0.15) is 5.75 Å². The summed E-state index contributed by atoms with van der Waals surface area (Å²) in [6.07, 6.45) is 0. The van der Waals surface area contributed by atoms with Crippen molar-refractivity contribution in [2.45, 2.75) is 31.2 Å². The Morgan fingerprint density at radius 1 is 1.26 bits per heavy atom. The second kappa shape index (κ2) is 8.01. The summed E-state index contributed by atoms with van der Waals surface area (Å²) in [5.41, 5.74) is 0.813. The van der Waals surface area contributed by atoms with Crippen LogP contribution in [0.15, 0.2) is 33.9 Å². The van der Waals surface area contributed by atoms with E-state index in [1.54, 1.807) is 12.0 Å². The Bertz CT molecular complexity index is 638. The van der Waals surface area contributed by atoms with Crippen LogP contribution < -0.4 is 4.74 Å². The fourth-order valence-electron chi connectivity index (χ4n) is 2.10. The number of thioether (sulfide) groups is 1. The van der Waals surface area contributed by atoms with E-state index in [0.717, 1.165) is 11.3 Å². The molecule has 0 N–H and O–H groups in total. The van der Waals surface area contributed by atoms with Crippen molar-refractivity contribution in [2.75, 3.05) is 20.2 Å². The van der Waals surface area contributed by atoms with Gasteiger partial charge >= 0.3 is 0 Å². The largest absolute Gasteiger partial charge is 0.497 e. The zero-order valence-electron chi connectivity index (χ0n) is 13.8. The summed E-state index contributed by atoms with van der Waals surface area (Å²) >= 11 is 1.28. The average molecular weight is 335 g/mol. The number of benzene rings is 1. The quantitative estimate of drug-likeness (QED) is 0.724. The number of carbonyl (C=O) groups excluding carboxylic acids is 1. The molecule has 23 heavy (non-hydrogen) atoms. The lowest BCUT2D eigenvalue weighted by Gasteiger charge is -2.21. The molecule has 7 heteroatoms. The van der Waals surface area contributed by atoms with Crippen LogP contribution >= 0.6 is 11.8 Å². The lowest BCUT2D eigenvalue weighted by molar-refractivity contribution is -0.129. The molecule has 0 aliphatic rings. The summed E-state index contributed by atoms with van der Waals surface area (Å²) in [6, 6.07) is 7.37. The molecule has 6 nitrogen and oxygen atoms in total. The zero-order chi connectivity index (χ0) is 16.8. The molecule has 0 aliphatic heterocycles. The summed E-state index contributed by atoms with van der Waals surface area (Å²) in [7, 11) is 1.62. The van der Waals surface area contributed by atoms with Crippen LogP contribution in [-0.4, -0.2) is 46.5 Å². The van der Waals surface area contributed by atoms with E-state index in [2.05, 4.69) is 10.2 Å². The van der Waals surface area contributed by atoms with E-state index in [4.69, 9.17) is 9.15 Å². The summed E-state index contributed by atoms with van der Waals surface area (Å²) in [5, 5.41) is 8.18. The number of rotatable bonds is 7. The Balaban J connectivity index is 2.05. The highest BCUT2D eigenvalue weighted by Gasteiger charge is 2.22. The smallest absolute Gasteiger partial charge is 0.277 e. The minimum atomic E-state index is -0.265. The summed E-state index contributed by atoms with van der Waals surface area (Å²) in [5.74, 6) is 1.27. The number of aromatic nitrogens is 2. The number of hydrogen-bond acceptors (Lipinski definition) is 6.